The fourth-order valence-corrected chi connectivity index (χ4v) is 4.72. The Morgan fingerprint density at radius 3 is 2.48 bits per heavy atom. The van der Waals surface area contributed by atoms with Crippen molar-refractivity contribution in [1.82, 2.24) is 14.7 Å². The molecule has 3 aromatic carbocycles. The highest BCUT2D eigenvalue weighted by atomic mass is 35.5. The maximum Gasteiger partial charge on any atom is 0.515 e. The van der Waals surface area contributed by atoms with Gasteiger partial charge in [0.15, 0.2) is 24.0 Å². The number of aldehydes is 1. The lowest BCUT2D eigenvalue weighted by Crippen LogP contribution is -2.33. The van der Waals surface area contributed by atoms with E-state index >= 15 is 0 Å². The first-order valence-corrected chi connectivity index (χ1v) is 14.5. The highest BCUT2D eigenvalue weighted by molar-refractivity contribution is 6.31. The third-order valence-electron chi connectivity index (χ3n) is 6.73. The minimum atomic E-state index is -1.05. The molecular formula is C31H32ClN7O7. The average Bonchev–Trinajstić information content (AvgIpc) is 3.35. The van der Waals surface area contributed by atoms with Gasteiger partial charge in [0.1, 0.15) is 23.9 Å². The van der Waals surface area contributed by atoms with Gasteiger partial charge in [-0.15, -0.1) is 15.2 Å². The minimum Gasteiger partial charge on any atom is -0.410 e. The van der Waals surface area contributed by atoms with Gasteiger partial charge in [-0.3, -0.25) is 4.79 Å². The van der Waals surface area contributed by atoms with Gasteiger partial charge >= 0.3 is 6.16 Å². The summed E-state index contributed by atoms with van der Waals surface area (Å²) in [4.78, 5) is 42.8. The first-order valence-electron chi connectivity index (χ1n) is 14.1. The molecule has 0 amide bonds. The number of unbranched alkanes of at least 4 members (excludes halogenated alkanes) is 1. The number of hydrazone groups is 1. The van der Waals surface area contributed by atoms with Crippen LogP contribution < -0.4 is 16.3 Å². The van der Waals surface area contributed by atoms with Gasteiger partial charge in [0.25, 0.3) is 5.09 Å². The van der Waals surface area contributed by atoms with Gasteiger partial charge in [0, 0.05) is 18.5 Å². The lowest BCUT2D eigenvalue weighted by Gasteiger charge is -2.15. The summed E-state index contributed by atoms with van der Waals surface area (Å²) in [7, 11) is 0. The number of benzene rings is 3. The summed E-state index contributed by atoms with van der Waals surface area (Å²) >= 11 is 6.22. The molecule has 0 aliphatic heterocycles. The molecule has 46 heavy (non-hydrogen) atoms. The van der Waals surface area contributed by atoms with E-state index in [0.29, 0.717) is 23.4 Å². The van der Waals surface area contributed by atoms with E-state index in [1.54, 1.807) is 12.1 Å². The van der Waals surface area contributed by atoms with Crippen LogP contribution in [0.2, 0.25) is 5.15 Å². The molecule has 4 N–H and O–H groups in total. The molecule has 0 atom stereocenters. The molecule has 1 aromatic heterocycles. The lowest BCUT2D eigenvalue weighted by molar-refractivity contribution is -0.763. The quantitative estimate of drug-likeness (QED) is 0.0201. The van der Waals surface area contributed by atoms with Gasteiger partial charge in [-0.05, 0) is 40.8 Å². The van der Waals surface area contributed by atoms with E-state index < -0.39 is 18.0 Å². The molecule has 0 radical (unpaired) electrons. The maximum atomic E-state index is 12.1. The summed E-state index contributed by atoms with van der Waals surface area (Å²) in [5.41, 5.74) is 10.4. The van der Waals surface area contributed by atoms with Crippen molar-refractivity contribution in [2.45, 2.75) is 39.3 Å². The van der Waals surface area contributed by atoms with E-state index in [-0.39, 0.29) is 23.3 Å². The van der Waals surface area contributed by atoms with Gasteiger partial charge in [0.05, 0.1) is 0 Å². The number of hydrogen-bond donors (Lipinski definition) is 2. The molecule has 0 aliphatic carbocycles. The van der Waals surface area contributed by atoms with E-state index in [2.05, 4.69) is 21.8 Å². The maximum absolute atomic E-state index is 12.1. The SMILES string of the molecule is CCCCc1nc(Cl)c(C=O)n1Cc1ccc(-c2ccccc2/C(N)=N/N(N)COC(=O)Oc2ccc(CO[N+](=O)[O-])cc2)cc1. The predicted molar refractivity (Wildman–Crippen MR) is 169 cm³/mol. The number of hydrogen-bond acceptors (Lipinski definition) is 11. The standard InChI is InChI=1S/C31H32ClN7O7/c1-2-3-8-28-35-29(32)27(18-40)37(28)17-21-9-13-23(14-10-21)25-6-4-5-7-26(25)30(33)36-38(34)20-44-31(41)46-24-15-11-22(12-16-24)19-45-39(42)43/h4-7,9-16,18H,2-3,8,17,19-20,34H2,1H3,(H2,33,36). The van der Waals surface area contributed by atoms with E-state index in [1.165, 1.54) is 24.3 Å². The van der Waals surface area contributed by atoms with Crippen LogP contribution in [0.15, 0.2) is 77.9 Å². The Balaban J connectivity index is 1.39. The fraction of sp³-hybridized carbons (Fsp3) is 0.226. The number of nitrogens with two attached hydrogens (primary N) is 2. The van der Waals surface area contributed by atoms with Crippen molar-refractivity contribution in [3.63, 3.8) is 0 Å². The second-order valence-electron chi connectivity index (χ2n) is 9.95. The first-order chi connectivity index (χ1) is 22.2. The highest BCUT2D eigenvalue weighted by Crippen LogP contribution is 2.25. The van der Waals surface area contributed by atoms with Gasteiger partial charge in [-0.1, -0.05) is 85.6 Å². The van der Waals surface area contributed by atoms with Gasteiger partial charge in [-0.25, -0.2) is 15.6 Å². The third kappa shape index (κ3) is 9.03. The van der Waals surface area contributed by atoms with E-state index in [0.717, 1.165) is 53.2 Å². The van der Waals surface area contributed by atoms with Crippen molar-refractivity contribution >= 4 is 29.9 Å². The van der Waals surface area contributed by atoms with Gasteiger partial charge < -0.3 is 24.6 Å². The monoisotopic (exact) mass is 649 g/mol. The first kappa shape index (κ1) is 33.4. The molecule has 240 valence electrons. The van der Waals surface area contributed by atoms with Crippen LogP contribution in [0.5, 0.6) is 5.75 Å². The summed E-state index contributed by atoms with van der Waals surface area (Å²) in [6.45, 7) is 1.82. The number of hydrazine groups is 1. The molecule has 0 saturated heterocycles. The molecular weight excluding hydrogens is 618 g/mol. The minimum absolute atomic E-state index is 0.0796. The molecule has 0 bridgehead atoms. The molecule has 15 heteroatoms. The number of carbonyl (C=O) groups is 2. The topological polar surface area (TPSA) is 190 Å². The summed E-state index contributed by atoms with van der Waals surface area (Å²) in [5.74, 6) is 6.90. The van der Waals surface area contributed by atoms with Crippen molar-refractivity contribution in [1.29, 1.82) is 0 Å². The molecule has 14 nitrogen and oxygen atoms in total. The molecule has 4 aromatic rings. The second kappa shape index (κ2) is 16.0. The van der Waals surface area contributed by atoms with E-state index in [9.17, 15) is 19.7 Å². The Bertz CT molecular complexity index is 1690. The van der Waals surface area contributed by atoms with Crippen LogP contribution in [-0.4, -0.2) is 44.8 Å². The predicted octanol–water partition coefficient (Wildman–Crippen LogP) is 5.08. The van der Waals surface area contributed by atoms with Gasteiger partial charge in [-0.2, -0.15) is 5.12 Å². The summed E-state index contributed by atoms with van der Waals surface area (Å²) in [5, 5.41) is 14.6. The number of aromatic nitrogens is 2. The Kier molecular flexibility index (Phi) is 11.6. The zero-order valence-corrected chi connectivity index (χ0v) is 25.6. The van der Waals surface area contributed by atoms with Crippen LogP contribution in [0, 0.1) is 10.1 Å². The number of aryl methyl sites for hydroxylation is 1. The third-order valence-corrected chi connectivity index (χ3v) is 7.01. The van der Waals surface area contributed by atoms with Crippen molar-refractivity contribution in [2.24, 2.45) is 16.7 Å². The Morgan fingerprint density at radius 2 is 1.80 bits per heavy atom. The Morgan fingerprint density at radius 1 is 1.11 bits per heavy atom. The molecule has 0 saturated carbocycles. The summed E-state index contributed by atoms with van der Waals surface area (Å²) in [6.07, 6.45) is 2.33. The van der Waals surface area contributed by atoms with Gasteiger partial charge in [0.2, 0.25) is 0 Å². The molecule has 0 fully saturated rings. The normalized spacial score (nSPS) is 11.2. The molecule has 1 heterocycles. The van der Waals surface area contributed by atoms with Crippen molar-refractivity contribution < 1.29 is 29.0 Å². The summed E-state index contributed by atoms with van der Waals surface area (Å²) < 4.78 is 11.9. The Hall–Kier alpha value is -5.47. The number of rotatable bonds is 15. The van der Waals surface area contributed by atoms with Crippen LogP contribution in [-0.2, 0) is 29.1 Å². The summed E-state index contributed by atoms with van der Waals surface area (Å²) in [6, 6.07) is 21.0. The highest BCUT2D eigenvalue weighted by Gasteiger charge is 2.16. The zero-order chi connectivity index (χ0) is 33.1. The van der Waals surface area contributed by atoms with Crippen LogP contribution in [0.4, 0.5) is 4.79 Å². The van der Waals surface area contributed by atoms with Crippen molar-refractivity contribution in [2.75, 3.05) is 6.73 Å². The number of imidazole rings is 1. The van der Waals surface area contributed by atoms with Crippen LogP contribution in [0.1, 0.15) is 52.8 Å². The number of amidine groups is 1. The van der Waals surface area contributed by atoms with Crippen molar-refractivity contribution in [3.05, 3.63) is 116 Å². The number of carbonyl (C=O) groups excluding carboxylic acids is 2. The van der Waals surface area contributed by atoms with Crippen LogP contribution in [0.25, 0.3) is 11.1 Å². The molecule has 0 aliphatic rings. The largest absolute Gasteiger partial charge is 0.515 e. The Labute approximate surface area is 269 Å². The molecule has 0 unspecified atom stereocenters. The number of ether oxygens (including phenoxy) is 2. The smallest absolute Gasteiger partial charge is 0.410 e. The molecule has 0 spiro atoms. The van der Waals surface area contributed by atoms with E-state index in [4.69, 9.17) is 32.7 Å². The van der Waals surface area contributed by atoms with Crippen molar-refractivity contribution in [3.8, 4) is 16.9 Å². The van der Waals surface area contributed by atoms with Crippen LogP contribution >= 0.6 is 11.6 Å². The number of halogens is 1. The fourth-order valence-electron chi connectivity index (χ4n) is 4.47. The lowest BCUT2D eigenvalue weighted by atomic mass is 9.98. The average molecular weight is 650 g/mol. The molecule has 4 rings (SSSR count). The van der Waals surface area contributed by atoms with Crippen LogP contribution in [0.3, 0.4) is 0 Å². The van der Waals surface area contributed by atoms with E-state index in [1.807, 2.05) is 41.0 Å². The second-order valence-corrected chi connectivity index (χ2v) is 10.3. The number of nitrogens with zero attached hydrogens (tertiary/aromatic N) is 5. The zero-order valence-electron chi connectivity index (χ0n) is 24.9.